The first kappa shape index (κ1) is 25.8. The molecule has 2 aliphatic rings. The van der Waals surface area contributed by atoms with Gasteiger partial charge in [0.1, 0.15) is 5.69 Å². The highest BCUT2D eigenvalue weighted by molar-refractivity contribution is 8.14. The van der Waals surface area contributed by atoms with Crippen LogP contribution in [0.2, 0.25) is 0 Å². The van der Waals surface area contributed by atoms with E-state index in [0.29, 0.717) is 22.9 Å². The molecule has 9 nitrogen and oxygen atoms in total. The molecule has 0 bridgehead atoms. The number of amides is 2. The summed E-state index contributed by atoms with van der Waals surface area (Å²) in [6.07, 6.45) is 7.01. The number of methoxy groups -OCH3 is 1. The number of carbonyl (C=O) groups excluding carboxylic acids is 2. The summed E-state index contributed by atoms with van der Waals surface area (Å²) in [7, 11) is 1.64. The number of aromatic nitrogens is 2. The van der Waals surface area contributed by atoms with Crippen LogP contribution < -0.4 is 14.8 Å². The number of carbonyl (C=O) groups is 2. The van der Waals surface area contributed by atoms with Crippen LogP contribution in [0.1, 0.15) is 60.6 Å². The Morgan fingerprint density at radius 1 is 1.16 bits per heavy atom. The maximum absolute atomic E-state index is 13.0. The molecule has 2 heterocycles. The summed E-state index contributed by atoms with van der Waals surface area (Å²) in [5.74, 6) is 1.09. The van der Waals surface area contributed by atoms with E-state index in [1.807, 2.05) is 36.4 Å². The molecule has 0 radical (unpaired) electrons. The van der Waals surface area contributed by atoms with Gasteiger partial charge in [-0.05, 0) is 74.1 Å². The summed E-state index contributed by atoms with van der Waals surface area (Å²) in [5.41, 5.74) is 3.51. The van der Waals surface area contributed by atoms with E-state index in [2.05, 4.69) is 22.4 Å². The molecule has 5 rings (SSSR count). The number of anilines is 1. The van der Waals surface area contributed by atoms with Crippen LogP contribution in [0, 0.1) is 0 Å². The number of H-pyrrole nitrogens is 1. The van der Waals surface area contributed by atoms with Crippen molar-refractivity contribution in [2.24, 2.45) is 5.10 Å². The van der Waals surface area contributed by atoms with E-state index in [-0.39, 0.29) is 29.0 Å². The molecule has 198 valence electrons. The van der Waals surface area contributed by atoms with E-state index < -0.39 is 0 Å². The predicted molar refractivity (Wildman–Crippen MR) is 148 cm³/mol. The van der Waals surface area contributed by atoms with Crippen molar-refractivity contribution in [3.05, 3.63) is 71.5 Å². The first-order valence-electron chi connectivity index (χ1n) is 12.9. The van der Waals surface area contributed by atoms with Crippen molar-refractivity contribution in [2.75, 3.05) is 12.4 Å². The number of nitrogens with one attached hydrogen (secondary N) is 2. The van der Waals surface area contributed by atoms with Gasteiger partial charge in [0.2, 0.25) is 0 Å². The minimum atomic E-state index is -0.311. The van der Waals surface area contributed by atoms with Crippen LogP contribution in [0.25, 0.3) is 0 Å². The number of hydrazone groups is 1. The lowest BCUT2D eigenvalue weighted by Crippen LogP contribution is -2.34. The molecule has 1 unspecified atom stereocenters. The van der Waals surface area contributed by atoms with Gasteiger partial charge in [-0.2, -0.15) is 10.2 Å². The van der Waals surface area contributed by atoms with Crippen molar-refractivity contribution in [3.63, 3.8) is 0 Å². The largest absolute Gasteiger partial charge is 0.493 e. The second-order valence-corrected chi connectivity index (χ2v) is 10.5. The average molecular weight is 534 g/mol. The Balaban J connectivity index is 1.38. The van der Waals surface area contributed by atoms with E-state index in [4.69, 9.17) is 14.6 Å². The van der Waals surface area contributed by atoms with Crippen LogP contribution in [0.4, 0.5) is 10.5 Å². The molecule has 1 aliphatic heterocycles. The van der Waals surface area contributed by atoms with Gasteiger partial charge in [0, 0.05) is 17.4 Å². The van der Waals surface area contributed by atoms with Crippen LogP contribution in [-0.4, -0.2) is 50.5 Å². The van der Waals surface area contributed by atoms with Crippen molar-refractivity contribution in [1.82, 2.24) is 15.2 Å². The van der Waals surface area contributed by atoms with Crippen molar-refractivity contribution in [2.45, 2.75) is 56.9 Å². The van der Waals surface area contributed by atoms with Gasteiger partial charge in [0.25, 0.3) is 5.91 Å². The van der Waals surface area contributed by atoms with Gasteiger partial charge in [-0.15, -0.1) is 0 Å². The monoisotopic (exact) mass is 533 g/mol. The van der Waals surface area contributed by atoms with E-state index in [0.717, 1.165) is 36.1 Å². The Bertz CT molecular complexity index is 1320. The zero-order valence-electron chi connectivity index (χ0n) is 21.5. The molecule has 3 aromatic rings. The summed E-state index contributed by atoms with van der Waals surface area (Å²) >= 11 is 1.28. The van der Waals surface area contributed by atoms with Crippen molar-refractivity contribution in [1.29, 1.82) is 0 Å². The van der Waals surface area contributed by atoms with Crippen LogP contribution in [-0.2, 0) is 6.54 Å². The lowest BCUT2D eigenvalue weighted by atomic mass is 10.0. The van der Waals surface area contributed by atoms with Crippen molar-refractivity contribution in [3.8, 4) is 11.5 Å². The zero-order valence-corrected chi connectivity index (χ0v) is 22.3. The van der Waals surface area contributed by atoms with Gasteiger partial charge in [-0.3, -0.25) is 14.7 Å². The molecule has 10 heteroatoms. The minimum absolute atomic E-state index is 0.0639. The molecule has 1 aliphatic carbocycles. The molecule has 1 saturated carbocycles. The fraction of sp³-hybridized carbons (Fsp3) is 0.357. The molecule has 2 aromatic carbocycles. The van der Waals surface area contributed by atoms with E-state index in [9.17, 15) is 9.59 Å². The average Bonchev–Trinajstić information content (AvgIpc) is 3.65. The summed E-state index contributed by atoms with van der Waals surface area (Å²) in [4.78, 5) is 25.4. The van der Waals surface area contributed by atoms with Crippen LogP contribution in [0.15, 0.2) is 59.8 Å². The number of rotatable bonds is 9. The number of nitrogens with zero attached hydrogens (tertiary/aromatic N) is 3. The van der Waals surface area contributed by atoms with Crippen molar-refractivity contribution < 1.29 is 19.1 Å². The Labute approximate surface area is 226 Å². The summed E-state index contributed by atoms with van der Waals surface area (Å²) in [6, 6.07) is 14.9. The molecule has 1 fully saturated rings. The summed E-state index contributed by atoms with van der Waals surface area (Å²) in [5, 5.41) is 15.5. The van der Waals surface area contributed by atoms with Crippen LogP contribution in [0.3, 0.4) is 0 Å². The smallest absolute Gasteiger partial charge is 0.302 e. The Morgan fingerprint density at radius 3 is 2.74 bits per heavy atom. The SMILES string of the molecule is CCC1SC(=O)N(Cc2cccc(NC(=O)c3cc[nH]n3)c2)N=C1c1ccc(OC)c(OC2CCCC2)c1. The Hall–Kier alpha value is -3.79. The van der Waals surface area contributed by atoms with Gasteiger partial charge in [0.05, 0.1) is 30.7 Å². The van der Waals surface area contributed by atoms with Crippen LogP contribution in [0.5, 0.6) is 11.5 Å². The van der Waals surface area contributed by atoms with E-state index >= 15 is 0 Å². The highest BCUT2D eigenvalue weighted by Gasteiger charge is 2.31. The zero-order chi connectivity index (χ0) is 26.5. The number of hydrogen-bond acceptors (Lipinski definition) is 7. The minimum Gasteiger partial charge on any atom is -0.493 e. The topological polar surface area (TPSA) is 109 Å². The van der Waals surface area contributed by atoms with E-state index in [1.165, 1.54) is 29.6 Å². The van der Waals surface area contributed by atoms with Gasteiger partial charge in [0.15, 0.2) is 11.5 Å². The number of hydrogen-bond donors (Lipinski definition) is 2. The second kappa shape index (κ2) is 11.7. The number of ether oxygens (including phenoxy) is 2. The molecule has 0 spiro atoms. The van der Waals surface area contributed by atoms with Gasteiger partial charge >= 0.3 is 5.24 Å². The fourth-order valence-corrected chi connectivity index (χ4v) is 5.64. The number of benzene rings is 2. The third-order valence-corrected chi connectivity index (χ3v) is 7.92. The van der Waals surface area contributed by atoms with Gasteiger partial charge in [-0.25, -0.2) is 5.01 Å². The first-order valence-corrected chi connectivity index (χ1v) is 13.7. The number of thioether (sulfide) groups is 1. The Morgan fingerprint density at radius 2 is 2.00 bits per heavy atom. The second-order valence-electron chi connectivity index (χ2n) is 9.33. The van der Waals surface area contributed by atoms with Gasteiger partial charge < -0.3 is 14.8 Å². The molecular weight excluding hydrogens is 502 g/mol. The number of aromatic amines is 1. The molecule has 2 amide bonds. The third kappa shape index (κ3) is 5.85. The molecule has 0 saturated heterocycles. The standard InChI is InChI=1S/C28H31N5O4S/c1-3-25-26(19-11-12-23(36-2)24(16-19)37-21-9-4-5-10-21)32-33(28(35)38-25)17-18-7-6-8-20(15-18)30-27(34)22-13-14-29-31-22/h6-8,11-16,21,25H,3-5,9-10,17H2,1-2H3,(H,29,31)(H,30,34). The highest BCUT2D eigenvalue weighted by atomic mass is 32.2. The molecule has 38 heavy (non-hydrogen) atoms. The summed E-state index contributed by atoms with van der Waals surface area (Å²) < 4.78 is 11.9. The first-order chi connectivity index (χ1) is 18.5. The lowest BCUT2D eigenvalue weighted by Gasteiger charge is -2.29. The lowest BCUT2D eigenvalue weighted by molar-refractivity contribution is 0.102. The molecule has 2 N–H and O–H groups in total. The quantitative estimate of drug-likeness (QED) is 0.357. The molecular formula is C28H31N5O4S. The highest BCUT2D eigenvalue weighted by Crippen LogP contribution is 2.36. The fourth-order valence-electron chi connectivity index (χ4n) is 4.71. The Kier molecular flexibility index (Phi) is 7.97. The molecule has 1 atom stereocenters. The third-order valence-electron chi connectivity index (χ3n) is 6.66. The van der Waals surface area contributed by atoms with E-state index in [1.54, 1.807) is 25.4 Å². The van der Waals surface area contributed by atoms with Gasteiger partial charge in [-0.1, -0.05) is 30.8 Å². The molecule has 1 aromatic heterocycles. The maximum Gasteiger partial charge on any atom is 0.302 e. The predicted octanol–water partition coefficient (Wildman–Crippen LogP) is 5.84. The van der Waals surface area contributed by atoms with Crippen molar-refractivity contribution >= 4 is 34.3 Å². The normalized spacial score (nSPS) is 17.8. The maximum atomic E-state index is 13.0. The summed E-state index contributed by atoms with van der Waals surface area (Å²) in [6.45, 7) is 2.33. The van der Waals surface area contributed by atoms with Crippen LogP contribution >= 0.6 is 11.8 Å².